The number of nitrogens with one attached hydrogen (secondary N) is 1. The zero-order valence-corrected chi connectivity index (χ0v) is 16.0. The number of carbonyl (C=O) groups excluding carboxylic acids is 1. The van der Waals surface area contributed by atoms with Crippen molar-refractivity contribution in [2.45, 2.75) is 32.3 Å². The van der Waals surface area contributed by atoms with Crippen molar-refractivity contribution in [1.29, 1.82) is 0 Å². The molecule has 0 aromatic heterocycles. The Balaban J connectivity index is 0.00000312. The van der Waals surface area contributed by atoms with Crippen LogP contribution in [0.3, 0.4) is 0 Å². The van der Waals surface area contributed by atoms with Crippen molar-refractivity contribution in [2.24, 2.45) is 5.92 Å². The summed E-state index contributed by atoms with van der Waals surface area (Å²) in [6.45, 7) is 4.73. The van der Waals surface area contributed by atoms with Crippen molar-refractivity contribution in [3.05, 3.63) is 71.8 Å². The fourth-order valence-electron chi connectivity index (χ4n) is 3.12. The van der Waals surface area contributed by atoms with E-state index in [4.69, 9.17) is 4.74 Å². The van der Waals surface area contributed by atoms with E-state index in [2.05, 4.69) is 36.5 Å². The number of halogens is 1. The van der Waals surface area contributed by atoms with Crippen LogP contribution in [0, 0.1) is 5.92 Å². The van der Waals surface area contributed by atoms with Crippen LogP contribution in [-0.2, 0) is 21.6 Å². The van der Waals surface area contributed by atoms with E-state index in [0.29, 0.717) is 12.8 Å². The summed E-state index contributed by atoms with van der Waals surface area (Å²) in [5.41, 5.74) is 1.52. The summed E-state index contributed by atoms with van der Waals surface area (Å²) < 4.78 is 6.11. The standard InChI is InChI=1S/C21H27NO2.ClH/c1-4-20(23)24-21(17(2)16-22-3,19-13-9-6-10-14-19)15-18-11-7-5-8-12-18;/h5-14,17,22H,4,15-16H2,1-3H3;1H/t17-,21+;/m0./s1. The fraction of sp³-hybridized carbons (Fsp3) is 0.381. The second-order valence-corrected chi connectivity index (χ2v) is 6.20. The van der Waals surface area contributed by atoms with Crippen LogP contribution in [0.25, 0.3) is 0 Å². The zero-order valence-electron chi connectivity index (χ0n) is 15.2. The molecule has 1 N–H and O–H groups in total. The Morgan fingerprint density at radius 3 is 2.16 bits per heavy atom. The molecule has 3 nitrogen and oxygen atoms in total. The summed E-state index contributed by atoms with van der Waals surface area (Å²) in [6.07, 6.45) is 1.03. The topological polar surface area (TPSA) is 38.3 Å². The summed E-state index contributed by atoms with van der Waals surface area (Å²) in [4.78, 5) is 12.3. The van der Waals surface area contributed by atoms with Gasteiger partial charge in [-0.2, -0.15) is 0 Å². The third-order valence-corrected chi connectivity index (χ3v) is 4.46. The van der Waals surface area contributed by atoms with Gasteiger partial charge in [-0.25, -0.2) is 0 Å². The van der Waals surface area contributed by atoms with Crippen molar-refractivity contribution in [3.8, 4) is 0 Å². The van der Waals surface area contributed by atoms with Gasteiger partial charge in [-0.3, -0.25) is 4.79 Å². The molecule has 0 aliphatic rings. The van der Waals surface area contributed by atoms with Crippen LogP contribution in [0.5, 0.6) is 0 Å². The maximum atomic E-state index is 12.3. The lowest BCUT2D eigenvalue weighted by molar-refractivity contribution is -0.167. The van der Waals surface area contributed by atoms with Gasteiger partial charge in [-0.05, 0) is 18.2 Å². The molecular weight excluding hydrogens is 334 g/mol. The quantitative estimate of drug-likeness (QED) is 0.710. The van der Waals surface area contributed by atoms with Gasteiger partial charge < -0.3 is 10.1 Å². The van der Waals surface area contributed by atoms with Crippen molar-refractivity contribution in [3.63, 3.8) is 0 Å². The average molecular weight is 362 g/mol. The molecule has 0 fully saturated rings. The molecule has 25 heavy (non-hydrogen) atoms. The molecule has 2 atom stereocenters. The van der Waals surface area contributed by atoms with E-state index in [1.807, 2.05) is 50.4 Å². The van der Waals surface area contributed by atoms with Crippen molar-refractivity contribution < 1.29 is 9.53 Å². The highest BCUT2D eigenvalue weighted by molar-refractivity contribution is 5.85. The van der Waals surface area contributed by atoms with Crippen molar-refractivity contribution in [1.82, 2.24) is 5.32 Å². The first-order chi connectivity index (χ1) is 11.6. The first kappa shape index (κ1) is 21.2. The Morgan fingerprint density at radius 1 is 1.08 bits per heavy atom. The van der Waals surface area contributed by atoms with Crippen LogP contribution in [0.4, 0.5) is 0 Å². The van der Waals surface area contributed by atoms with Crippen LogP contribution in [0.15, 0.2) is 60.7 Å². The molecule has 0 saturated heterocycles. The van der Waals surface area contributed by atoms with Gasteiger partial charge in [-0.1, -0.05) is 74.5 Å². The van der Waals surface area contributed by atoms with Gasteiger partial charge in [0.05, 0.1) is 0 Å². The predicted molar refractivity (Wildman–Crippen MR) is 105 cm³/mol. The summed E-state index contributed by atoms with van der Waals surface area (Å²) in [5, 5.41) is 3.23. The van der Waals surface area contributed by atoms with Gasteiger partial charge in [0.25, 0.3) is 0 Å². The molecule has 0 heterocycles. The molecule has 0 spiro atoms. The Hall–Kier alpha value is -1.84. The first-order valence-corrected chi connectivity index (χ1v) is 8.58. The molecule has 0 aliphatic carbocycles. The number of ether oxygens (including phenoxy) is 1. The van der Waals surface area contributed by atoms with Crippen LogP contribution in [0.2, 0.25) is 0 Å². The molecule has 136 valence electrons. The average Bonchev–Trinajstić information content (AvgIpc) is 2.62. The van der Waals surface area contributed by atoms with Gasteiger partial charge in [0.1, 0.15) is 5.60 Å². The van der Waals surface area contributed by atoms with Crippen molar-refractivity contribution in [2.75, 3.05) is 13.6 Å². The van der Waals surface area contributed by atoms with Crippen LogP contribution >= 0.6 is 12.4 Å². The summed E-state index contributed by atoms with van der Waals surface area (Å²) >= 11 is 0. The van der Waals surface area contributed by atoms with Gasteiger partial charge in [0.15, 0.2) is 0 Å². The number of hydrogen-bond donors (Lipinski definition) is 1. The van der Waals surface area contributed by atoms with E-state index in [1.165, 1.54) is 0 Å². The summed E-state index contributed by atoms with van der Waals surface area (Å²) in [5.74, 6) is -0.0432. The highest BCUT2D eigenvalue weighted by Gasteiger charge is 2.41. The minimum atomic E-state index is -0.682. The number of carbonyl (C=O) groups is 1. The second-order valence-electron chi connectivity index (χ2n) is 6.20. The number of rotatable bonds is 8. The third kappa shape index (κ3) is 5.32. The smallest absolute Gasteiger partial charge is 0.306 e. The first-order valence-electron chi connectivity index (χ1n) is 8.58. The molecule has 4 heteroatoms. The van der Waals surface area contributed by atoms with Crippen LogP contribution in [0.1, 0.15) is 31.4 Å². The van der Waals surface area contributed by atoms with Gasteiger partial charge >= 0.3 is 5.97 Å². The van der Waals surface area contributed by atoms with Gasteiger partial charge in [0, 0.05) is 25.3 Å². The summed E-state index contributed by atoms with van der Waals surface area (Å²) in [6, 6.07) is 20.3. The van der Waals surface area contributed by atoms with Crippen LogP contribution in [-0.4, -0.2) is 19.6 Å². The molecule has 0 unspecified atom stereocenters. The highest BCUT2D eigenvalue weighted by Crippen LogP contribution is 2.37. The molecule has 2 aromatic carbocycles. The monoisotopic (exact) mass is 361 g/mol. The zero-order chi connectivity index (χ0) is 17.4. The predicted octanol–water partition coefficient (Wildman–Crippen LogP) is 4.36. The van der Waals surface area contributed by atoms with E-state index in [0.717, 1.165) is 17.7 Å². The molecule has 2 rings (SSSR count). The number of hydrogen-bond acceptors (Lipinski definition) is 3. The van der Waals surface area contributed by atoms with Crippen molar-refractivity contribution >= 4 is 18.4 Å². The fourth-order valence-corrected chi connectivity index (χ4v) is 3.12. The van der Waals surface area contributed by atoms with E-state index in [1.54, 1.807) is 0 Å². The number of esters is 1. The van der Waals surface area contributed by atoms with E-state index < -0.39 is 5.60 Å². The Morgan fingerprint density at radius 2 is 1.64 bits per heavy atom. The van der Waals surface area contributed by atoms with Gasteiger partial charge in [0.2, 0.25) is 0 Å². The largest absolute Gasteiger partial charge is 0.453 e. The van der Waals surface area contributed by atoms with E-state index in [-0.39, 0.29) is 24.3 Å². The van der Waals surface area contributed by atoms with Gasteiger partial charge in [-0.15, -0.1) is 12.4 Å². The maximum absolute atomic E-state index is 12.3. The highest BCUT2D eigenvalue weighted by atomic mass is 35.5. The Bertz CT molecular complexity index is 633. The molecular formula is C21H28ClNO2. The second kappa shape index (κ2) is 10.2. The molecule has 0 aliphatic heterocycles. The van der Waals surface area contributed by atoms with E-state index in [9.17, 15) is 4.79 Å². The lowest BCUT2D eigenvalue weighted by Gasteiger charge is -2.39. The lowest BCUT2D eigenvalue weighted by atomic mass is 9.77. The third-order valence-electron chi connectivity index (χ3n) is 4.46. The normalized spacial score (nSPS) is 14.0. The van der Waals surface area contributed by atoms with E-state index >= 15 is 0 Å². The molecule has 0 amide bonds. The minimum Gasteiger partial charge on any atom is -0.453 e. The SMILES string of the molecule is CCC(=O)O[C@@](Cc1ccccc1)(c1ccccc1)[C@@H](C)CNC.Cl. The maximum Gasteiger partial charge on any atom is 0.306 e. The Labute approximate surface area is 157 Å². The molecule has 0 saturated carbocycles. The molecule has 2 aromatic rings. The molecule has 0 radical (unpaired) electrons. The summed E-state index contributed by atoms with van der Waals surface area (Å²) in [7, 11) is 1.93. The Kier molecular flexibility index (Phi) is 8.67. The lowest BCUT2D eigenvalue weighted by Crippen LogP contribution is -2.44. The molecule has 0 bridgehead atoms. The number of benzene rings is 2. The van der Waals surface area contributed by atoms with Crippen LogP contribution < -0.4 is 5.32 Å². The minimum absolute atomic E-state index is 0.